The maximum Gasteiger partial charge on any atom is 0.198 e. The molecule has 0 spiro atoms. The van der Waals surface area contributed by atoms with E-state index in [9.17, 15) is 5.26 Å². The van der Waals surface area contributed by atoms with Gasteiger partial charge < -0.3 is 4.74 Å². The molecule has 0 saturated carbocycles. The van der Waals surface area contributed by atoms with Crippen LogP contribution in [0.5, 0.6) is 0 Å². The van der Waals surface area contributed by atoms with Crippen molar-refractivity contribution in [3.05, 3.63) is 35.9 Å². The van der Waals surface area contributed by atoms with E-state index in [2.05, 4.69) is 35.2 Å². The number of methoxy groups -OCH3 is 1. The van der Waals surface area contributed by atoms with Crippen molar-refractivity contribution < 1.29 is 4.74 Å². The van der Waals surface area contributed by atoms with Crippen LogP contribution < -0.4 is 0 Å². The predicted molar refractivity (Wildman–Crippen MR) is 78.3 cm³/mol. The highest BCUT2D eigenvalue weighted by molar-refractivity contribution is 5.78. The molecule has 1 N–H and O–H groups in total. The highest BCUT2D eigenvalue weighted by Gasteiger charge is 2.30. The van der Waals surface area contributed by atoms with Crippen molar-refractivity contribution >= 4 is 5.90 Å². The minimum atomic E-state index is -0.390. The summed E-state index contributed by atoms with van der Waals surface area (Å²) in [7, 11) is 1.47. The maximum atomic E-state index is 9.20. The molecule has 2 rings (SSSR count). The quantitative estimate of drug-likeness (QED) is 0.676. The summed E-state index contributed by atoms with van der Waals surface area (Å²) in [6, 6.07) is 12.7. The maximum absolute atomic E-state index is 9.20. The lowest BCUT2D eigenvalue weighted by Gasteiger charge is -2.33. The lowest BCUT2D eigenvalue weighted by molar-refractivity contribution is 0.163. The van der Waals surface area contributed by atoms with Crippen molar-refractivity contribution in [3.63, 3.8) is 0 Å². The van der Waals surface area contributed by atoms with Gasteiger partial charge in [-0.3, -0.25) is 10.3 Å². The van der Waals surface area contributed by atoms with Crippen molar-refractivity contribution in [2.75, 3.05) is 20.2 Å². The summed E-state index contributed by atoms with van der Waals surface area (Å²) in [6.45, 7) is 2.93. The highest BCUT2D eigenvalue weighted by atomic mass is 16.5. The van der Waals surface area contributed by atoms with Gasteiger partial charge >= 0.3 is 0 Å². The molecule has 0 amide bonds. The molecule has 0 radical (unpaired) electrons. The molecule has 1 saturated heterocycles. The van der Waals surface area contributed by atoms with Gasteiger partial charge in [-0.1, -0.05) is 30.3 Å². The third kappa shape index (κ3) is 3.58. The van der Waals surface area contributed by atoms with E-state index in [0.717, 1.165) is 32.5 Å². The van der Waals surface area contributed by atoms with E-state index in [1.807, 2.05) is 6.07 Å². The fourth-order valence-corrected chi connectivity index (χ4v) is 2.79. The molecule has 0 aromatic heterocycles. The van der Waals surface area contributed by atoms with E-state index in [1.165, 1.54) is 12.7 Å². The average molecular weight is 271 g/mol. The van der Waals surface area contributed by atoms with Gasteiger partial charge in [0.15, 0.2) is 5.90 Å². The number of likely N-dealkylation sites (tertiary alicyclic amines) is 1. The molecule has 1 aliphatic heterocycles. The third-order valence-electron chi connectivity index (χ3n) is 3.99. The summed E-state index contributed by atoms with van der Waals surface area (Å²) in [5, 5.41) is 16.9. The monoisotopic (exact) mass is 271 g/mol. The largest absolute Gasteiger partial charge is 0.484 e. The van der Waals surface area contributed by atoms with Crippen LogP contribution in [0, 0.1) is 28.6 Å². The van der Waals surface area contributed by atoms with Gasteiger partial charge in [0.25, 0.3) is 0 Å². The molecule has 4 heteroatoms. The molecule has 1 heterocycles. The second-order valence-corrected chi connectivity index (χ2v) is 5.27. The molecule has 1 unspecified atom stereocenters. The predicted octanol–water partition coefficient (Wildman–Crippen LogP) is 2.66. The van der Waals surface area contributed by atoms with Crippen molar-refractivity contribution in [2.45, 2.75) is 19.4 Å². The first-order chi connectivity index (χ1) is 9.74. The Labute approximate surface area is 120 Å². The molecule has 1 aliphatic rings. The summed E-state index contributed by atoms with van der Waals surface area (Å²) < 4.78 is 4.93. The molecule has 4 nitrogen and oxygen atoms in total. The first-order valence-electron chi connectivity index (χ1n) is 7.03. The van der Waals surface area contributed by atoms with Crippen LogP contribution in [0.1, 0.15) is 18.4 Å². The molecule has 1 aromatic carbocycles. The second-order valence-electron chi connectivity index (χ2n) is 5.27. The van der Waals surface area contributed by atoms with E-state index in [4.69, 9.17) is 10.1 Å². The number of piperidine rings is 1. The van der Waals surface area contributed by atoms with Gasteiger partial charge in [0.05, 0.1) is 13.2 Å². The second kappa shape index (κ2) is 7.06. The molecule has 106 valence electrons. The summed E-state index contributed by atoms with van der Waals surface area (Å²) in [5.74, 6) is -0.0349. The van der Waals surface area contributed by atoms with Gasteiger partial charge in [-0.15, -0.1) is 0 Å². The van der Waals surface area contributed by atoms with E-state index in [1.54, 1.807) is 0 Å². The molecule has 0 aliphatic carbocycles. The summed E-state index contributed by atoms with van der Waals surface area (Å²) in [4.78, 5) is 2.41. The number of nitrogens with one attached hydrogen (secondary N) is 1. The zero-order chi connectivity index (χ0) is 14.4. The number of nitriles is 1. The van der Waals surface area contributed by atoms with Gasteiger partial charge in [-0.25, -0.2) is 0 Å². The van der Waals surface area contributed by atoms with Crippen molar-refractivity contribution in [3.8, 4) is 6.07 Å². The molecular formula is C16H21N3O. The lowest BCUT2D eigenvalue weighted by Crippen LogP contribution is -2.37. The van der Waals surface area contributed by atoms with Gasteiger partial charge in [0.1, 0.15) is 5.92 Å². The Morgan fingerprint density at radius 1 is 1.40 bits per heavy atom. The van der Waals surface area contributed by atoms with Gasteiger partial charge in [0, 0.05) is 6.54 Å². The van der Waals surface area contributed by atoms with Gasteiger partial charge in [-0.2, -0.15) is 5.26 Å². The van der Waals surface area contributed by atoms with Crippen LogP contribution in [0.15, 0.2) is 30.3 Å². The Balaban J connectivity index is 1.86. The highest BCUT2D eigenvalue weighted by Crippen LogP contribution is 2.26. The zero-order valence-corrected chi connectivity index (χ0v) is 11.9. The number of ether oxygens (including phenoxy) is 1. The van der Waals surface area contributed by atoms with E-state index >= 15 is 0 Å². The molecule has 1 aromatic rings. The minimum absolute atomic E-state index is 0.106. The fraction of sp³-hybridized carbons (Fsp3) is 0.500. The number of benzene rings is 1. The lowest BCUT2D eigenvalue weighted by atomic mass is 9.85. The van der Waals surface area contributed by atoms with Crippen LogP contribution in [-0.2, 0) is 11.3 Å². The molecule has 1 fully saturated rings. The summed E-state index contributed by atoms with van der Waals surface area (Å²) in [5.41, 5.74) is 1.33. The minimum Gasteiger partial charge on any atom is -0.484 e. The van der Waals surface area contributed by atoms with Crippen LogP contribution in [0.2, 0.25) is 0 Å². The number of hydrogen-bond acceptors (Lipinski definition) is 4. The first-order valence-corrected chi connectivity index (χ1v) is 7.03. The van der Waals surface area contributed by atoms with E-state index in [-0.39, 0.29) is 17.7 Å². The molecular weight excluding hydrogens is 250 g/mol. The van der Waals surface area contributed by atoms with Crippen LogP contribution in [0.25, 0.3) is 0 Å². The van der Waals surface area contributed by atoms with Crippen LogP contribution in [-0.4, -0.2) is 31.0 Å². The van der Waals surface area contributed by atoms with E-state index in [0.29, 0.717) is 0 Å². The Hall–Kier alpha value is -1.86. The Morgan fingerprint density at radius 2 is 2.05 bits per heavy atom. The number of nitrogens with zero attached hydrogens (tertiary/aromatic N) is 2. The summed E-state index contributed by atoms with van der Waals surface area (Å²) >= 11 is 0. The smallest absolute Gasteiger partial charge is 0.198 e. The fourth-order valence-electron chi connectivity index (χ4n) is 2.79. The van der Waals surface area contributed by atoms with Crippen LogP contribution in [0.3, 0.4) is 0 Å². The van der Waals surface area contributed by atoms with Crippen LogP contribution >= 0.6 is 0 Å². The summed E-state index contributed by atoms with van der Waals surface area (Å²) in [6.07, 6.45) is 1.91. The van der Waals surface area contributed by atoms with Crippen molar-refractivity contribution in [1.29, 1.82) is 10.7 Å². The number of hydrogen-bond donors (Lipinski definition) is 1. The molecule has 20 heavy (non-hydrogen) atoms. The normalized spacial score (nSPS) is 18.2. The zero-order valence-electron chi connectivity index (χ0n) is 11.9. The standard InChI is InChI=1S/C16H21N3O/c1-20-16(18)15(11-17)14-7-9-19(10-8-14)12-13-5-3-2-4-6-13/h2-6,14-15,18H,7-10,12H2,1H3. The average Bonchev–Trinajstić information content (AvgIpc) is 2.50. The van der Waals surface area contributed by atoms with Gasteiger partial charge in [-0.05, 0) is 37.4 Å². The number of rotatable bonds is 4. The topological polar surface area (TPSA) is 60.1 Å². The van der Waals surface area contributed by atoms with Gasteiger partial charge in [0.2, 0.25) is 0 Å². The third-order valence-corrected chi connectivity index (χ3v) is 3.99. The first kappa shape index (κ1) is 14.5. The molecule has 1 atom stereocenters. The van der Waals surface area contributed by atoms with Crippen LogP contribution in [0.4, 0.5) is 0 Å². The van der Waals surface area contributed by atoms with Crippen molar-refractivity contribution in [2.24, 2.45) is 11.8 Å². The Morgan fingerprint density at radius 3 is 2.60 bits per heavy atom. The Kier molecular flexibility index (Phi) is 5.14. The SMILES string of the molecule is COC(=N)C(C#N)C1CCN(Cc2ccccc2)CC1. The van der Waals surface area contributed by atoms with Crippen molar-refractivity contribution in [1.82, 2.24) is 4.90 Å². The van der Waals surface area contributed by atoms with E-state index < -0.39 is 0 Å². The molecule has 0 bridgehead atoms. The Bertz CT molecular complexity index is 472.